The van der Waals surface area contributed by atoms with E-state index in [2.05, 4.69) is 10.3 Å². The molecule has 0 unspecified atom stereocenters. The Kier molecular flexibility index (Phi) is 3.26. The fourth-order valence-corrected chi connectivity index (χ4v) is 1.82. The zero-order valence-electron chi connectivity index (χ0n) is 8.41. The second kappa shape index (κ2) is 4.68. The van der Waals surface area contributed by atoms with Crippen LogP contribution in [0.2, 0.25) is 5.02 Å². The number of hydrogen-bond donors (Lipinski definition) is 2. The van der Waals surface area contributed by atoms with Gasteiger partial charge in [0.05, 0.1) is 5.02 Å². The van der Waals surface area contributed by atoms with Gasteiger partial charge >= 0.3 is 0 Å². The molecule has 4 nitrogen and oxygen atoms in total. The van der Waals surface area contributed by atoms with Crippen LogP contribution < -0.4 is 11.1 Å². The van der Waals surface area contributed by atoms with Crippen LogP contribution in [0.25, 0.3) is 0 Å². The van der Waals surface area contributed by atoms with Crippen LogP contribution in [0.15, 0.2) is 23.6 Å². The van der Waals surface area contributed by atoms with E-state index in [1.165, 1.54) is 17.5 Å². The molecular weight excluding hydrogens is 265 g/mol. The molecule has 2 rings (SSSR count). The molecule has 1 aromatic heterocycles. The highest BCUT2D eigenvalue weighted by molar-refractivity contribution is 7.13. The van der Waals surface area contributed by atoms with E-state index in [1.54, 1.807) is 0 Å². The van der Waals surface area contributed by atoms with Gasteiger partial charge in [-0.05, 0) is 18.2 Å². The number of benzene rings is 1. The molecule has 17 heavy (non-hydrogen) atoms. The molecule has 0 radical (unpaired) electrons. The quantitative estimate of drug-likeness (QED) is 0.882. The Morgan fingerprint density at radius 2 is 2.29 bits per heavy atom. The van der Waals surface area contributed by atoms with Gasteiger partial charge in [0.1, 0.15) is 11.5 Å². The lowest BCUT2D eigenvalue weighted by Gasteiger charge is -2.03. The summed E-state index contributed by atoms with van der Waals surface area (Å²) >= 11 is 6.68. The highest BCUT2D eigenvalue weighted by atomic mass is 35.5. The lowest BCUT2D eigenvalue weighted by Crippen LogP contribution is -2.12. The van der Waals surface area contributed by atoms with E-state index in [9.17, 15) is 9.18 Å². The van der Waals surface area contributed by atoms with Crippen molar-refractivity contribution in [3.05, 3.63) is 40.1 Å². The number of amides is 1. The molecule has 0 aliphatic rings. The minimum absolute atomic E-state index is 0.000835. The number of rotatable bonds is 2. The molecule has 0 fully saturated rings. The van der Waals surface area contributed by atoms with Crippen LogP contribution in [0.1, 0.15) is 10.5 Å². The lowest BCUT2D eigenvalue weighted by molar-refractivity contribution is 0.102. The number of carbonyl (C=O) groups excluding carboxylic acids is 1. The minimum Gasteiger partial charge on any atom is -0.375 e. The molecule has 7 heteroatoms. The molecule has 0 atom stereocenters. The standard InChI is InChI=1S/C10H7ClFN3OS/c11-6-2-1-5(3-7(6)12)14-9(16)8-4-17-10(13)15-8/h1-4H,(H2,13,15)(H,14,16). The van der Waals surface area contributed by atoms with Gasteiger partial charge < -0.3 is 11.1 Å². The van der Waals surface area contributed by atoms with Gasteiger partial charge in [-0.3, -0.25) is 4.79 Å². The molecule has 0 saturated carbocycles. The Balaban J connectivity index is 2.15. The number of hydrogen-bond acceptors (Lipinski definition) is 4. The molecule has 0 spiro atoms. The van der Waals surface area contributed by atoms with Crippen molar-refractivity contribution in [1.29, 1.82) is 0 Å². The monoisotopic (exact) mass is 271 g/mol. The van der Waals surface area contributed by atoms with Crippen LogP contribution in [0.5, 0.6) is 0 Å². The average Bonchev–Trinajstić information content (AvgIpc) is 2.70. The van der Waals surface area contributed by atoms with E-state index in [0.29, 0.717) is 10.8 Å². The molecule has 0 aliphatic heterocycles. The third kappa shape index (κ3) is 2.72. The number of nitrogens with zero attached hydrogens (tertiary/aromatic N) is 1. The van der Waals surface area contributed by atoms with Crippen molar-refractivity contribution in [2.24, 2.45) is 0 Å². The Morgan fingerprint density at radius 1 is 1.53 bits per heavy atom. The topological polar surface area (TPSA) is 68.0 Å². The summed E-state index contributed by atoms with van der Waals surface area (Å²) < 4.78 is 13.1. The molecular formula is C10H7ClFN3OS. The Labute approximate surface area is 105 Å². The maximum Gasteiger partial charge on any atom is 0.275 e. The molecule has 0 bridgehead atoms. The third-order valence-electron chi connectivity index (χ3n) is 1.93. The van der Waals surface area contributed by atoms with Crippen molar-refractivity contribution in [3.63, 3.8) is 0 Å². The van der Waals surface area contributed by atoms with Crippen molar-refractivity contribution >= 4 is 39.7 Å². The van der Waals surface area contributed by atoms with Gasteiger partial charge in [-0.1, -0.05) is 11.6 Å². The van der Waals surface area contributed by atoms with E-state index in [1.807, 2.05) is 0 Å². The number of halogens is 2. The fourth-order valence-electron chi connectivity index (χ4n) is 1.16. The first kappa shape index (κ1) is 11.8. The molecule has 88 valence electrons. The maximum atomic E-state index is 13.1. The zero-order valence-corrected chi connectivity index (χ0v) is 9.98. The Bertz CT molecular complexity index is 572. The van der Waals surface area contributed by atoms with Crippen LogP contribution >= 0.6 is 22.9 Å². The second-order valence-electron chi connectivity index (χ2n) is 3.15. The molecule has 1 aromatic carbocycles. The van der Waals surface area contributed by atoms with Gasteiger partial charge in [0.25, 0.3) is 5.91 Å². The van der Waals surface area contributed by atoms with Crippen LogP contribution in [0.4, 0.5) is 15.2 Å². The average molecular weight is 272 g/mol. The first-order valence-electron chi connectivity index (χ1n) is 4.53. The van der Waals surface area contributed by atoms with Gasteiger partial charge in [-0.25, -0.2) is 9.37 Å². The normalized spacial score (nSPS) is 10.2. The van der Waals surface area contributed by atoms with Crippen LogP contribution in [-0.2, 0) is 0 Å². The number of anilines is 2. The van der Waals surface area contributed by atoms with Gasteiger partial charge in [-0.15, -0.1) is 11.3 Å². The summed E-state index contributed by atoms with van der Waals surface area (Å²) in [5.74, 6) is -1.04. The number of aromatic nitrogens is 1. The molecule has 1 heterocycles. The number of carbonyl (C=O) groups is 1. The smallest absolute Gasteiger partial charge is 0.275 e. The summed E-state index contributed by atoms with van der Waals surface area (Å²) in [4.78, 5) is 15.5. The largest absolute Gasteiger partial charge is 0.375 e. The van der Waals surface area contributed by atoms with E-state index in [4.69, 9.17) is 17.3 Å². The summed E-state index contributed by atoms with van der Waals surface area (Å²) in [7, 11) is 0. The van der Waals surface area contributed by atoms with Crippen LogP contribution in [0, 0.1) is 5.82 Å². The van der Waals surface area contributed by atoms with E-state index >= 15 is 0 Å². The summed E-state index contributed by atoms with van der Waals surface area (Å²) in [6.07, 6.45) is 0. The summed E-state index contributed by atoms with van der Waals surface area (Å²) in [5.41, 5.74) is 5.91. The summed E-state index contributed by atoms with van der Waals surface area (Å²) in [5, 5.41) is 4.32. The summed E-state index contributed by atoms with van der Waals surface area (Å²) in [6, 6.07) is 4.00. The first-order chi connectivity index (χ1) is 8.06. The van der Waals surface area contributed by atoms with Gasteiger partial charge in [0, 0.05) is 11.1 Å². The van der Waals surface area contributed by atoms with E-state index < -0.39 is 11.7 Å². The second-order valence-corrected chi connectivity index (χ2v) is 4.45. The molecule has 2 aromatic rings. The Hall–Kier alpha value is -1.66. The van der Waals surface area contributed by atoms with Crippen LogP contribution in [-0.4, -0.2) is 10.9 Å². The van der Waals surface area contributed by atoms with Crippen molar-refractivity contribution < 1.29 is 9.18 Å². The van der Waals surface area contributed by atoms with Crippen molar-refractivity contribution in [3.8, 4) is 0 Å². The molecule has 0 aliphatic carbocycles. The SMILES string of the molecule is Nc1nc(C(=O)Nc2ccc(Cl)c(F)c2)cs1. The van der Waals surface area contributed by atoms with Crippen molar-refractivity contribution in [2.75, 3.05) is 11.1 Å². The van der Waals surface area contributed by atoms with Crippen molar-refractivity contribution in [2.45, 2.75) is 0 Å². The van der Waals surface area contributed by atoms with Gasteiger partial charge in [-0.2, -0.15) is 0 Å². The molecule has 0 saturated heterocycles. The summed E-state index contributed by atoms with van der Waals surface area (Å²) in [6.45, 7) is 0. The lowest BCUT2D eigenvalue weighted by atomic mass is 10.3. The minimum atomic E-state index is -0.595. The van der Waals surface area contributed by atoms with Crippen LogP contribution in [0.3, 0.4) is 0 Å². The third-order valence-corrected chi connectivity index (χ3v) is 2.91. The van der Waals surface area contributed by atoms with E-state index in [-0.39, 0.29) is 10.7 Å². The van der Waals surface area contributed by atoms with E-state index in [0.717, 1.165) is 17.4 Å². The zero-order chi connectivity index (χ0) is 12.4. The number of thiazole rings is 1. The number of nitrogens with two attached hydrogens (primary N) is 1. The highest BCUT2D eigenvalue weighted by Gasteiger charge is 2.10. The molecule has 1 amide bonds. The van der Waals surface area contributed by atoms with Gasteiger partial charge in [0.15, 0.2) is 5.13 Å². The highest BCUT2D eigenvalue weighted by Crippen LogP contribution is 2.19. The maximum absolute atomic E-state index is 13.1. The molecule has 3 N–H and O–H groups in total. The van der Waals surface area contributed by atoms with Crippen molar-refractivity contribution in [1.82, 2.24) is 4.98 Å². The number of nitrogen functional groups attached to an aromatic ring is 1. The first-order valence-corrected chi connectivity index (χ1v) is 5.79. The number of nitrogens with one attached hydrogen (secondary N) is 1. The predicted molar refractivity (Wildman–Crippen MR) is 65.9 cm³/mol. The van der Waals surface area contributed by atoms with Gasteiger partial charge in [0.2, 0.25) is 0 Å². The predicted octanol–water partition coefficient (Wildman–Crippen LogP) is 2.77. The Morgan fingerprint density at radius 3 is 2.88 bits per heavy atom. The fraction of sp³-hybridized carbons (Fsp3) is 0.